The average Bonchev–Trinajstić information content (AvgIpc) is 2.81. The van der Waals surface area contributed by atoms with E-state index in [9.17, 15) is 9.90 Å². The first-order chi connectivity index (χ1) is 15.2. The quantitative estimate of drug-likeness (QED) is 0.768. The van der Waals surface area contributed by atoms with E-state index in [2.05, 4.69) is 51.5 Å². The van der Waals surface area contributed by atoms with Crippen LogP contribution in [0.5, 0.6) is 0 Å². The number of hydrogen-bond donors (Lipinski definition) is 2. The molecule has 0 bridgehead atoms. The lowest BCUT2D eigenvalue weighted by Gasteiger charge is -2.35. The van der Waals surface area contributed by atoms with Crippen LogP contribution in [0.1, 0.15) is 27.0 Å². The van der Waals surface area contributed by atoms with Crippen LogP contribution in [0.2, 0.25) is 0 Å². The van der Waals surface area contributed by atoms with Crippen molar-refractivity contribution in [2.45, 2.75) is 25.5 Å². The molecule has 1 amide bonds. The molecule has 0 aromatic heterocycles. The molecule has 2 aromatic rings. The summed E-state index contributed by atoms with van der Waals surface area (Å²) in [5.74, 6) is 0.0520. The van der Waals surface area contributed by atoms with Gasteiger partial charge in [-0.2, -0.15) is 0 Å². The van der Waals surface area contributed by atoms with Crippen molar-refractivity contribution in [2.75, 3.05) is 57.3 Å². The van der Waals surface area contributed by atoms with Crippen LogP contribution >= 0.6 is 0 Å². The number of carbonyl (C=O) groups excluding carboxylic acids is 1. The zero-order chi connectivity index (χ0) is 21.2. The van der Waals surface area contributed by atoms with Crippen LogP contribution < -0.4 is 10.2 Å². The molecule has 164 valence electrons. The number of aliphatic hydroxyl groups is 1. The third-order valence-electron chi connectivity index (χ3n) is 6.85. The van der Waals surface area contributed by atoms with Gasteiger partial charge in [-0.1, -0.05) is 24.3 Å². The van der Waals surface area contributed by atoms with E-state index in [1.165, 1.54) is 16.8 Å². The summed E-state index contributed by atoms with van der Waals surface area (Å²) in [5, 5.41) is 14.1. The van der Waals surface area contributed by atoms with E-state index in [1.54, 1.807) is 0 Å². The lowest BCUT2D eigenvalue weighted by atomic mass is 9.97. The Morgan fingerprint density at radius 2 is 1.68 bits per heavy atom. The van der Waals surface area contributed by atoms with Gasteiger partial charge >= 0.3 is 0 Å². The highest BCUT2D eigenvalue weighted by Crippen LogP contribution is 2.25. The average molecular weight is 421 g/mol. The van der Waals surface area contributed by atoms with Gasteiger partial charge in [-0.3, -0.25) is 9.69 Å². The largest absolute Gasteiger partial charge is 0.390 e. The SMILES string of the molecule is O=C1c2ccc(N3CCNCC3)cc2CCN1C[C@H](O)CN1CCc2ccccc2C1. The standard InChI is InChI=1S/C25H32N4O2/c30-23(17-27-11-7-19-3-1-2-4-21(19)16-27)18-29-12-8-20-15-22(5-6-24(20)25(29)31)28-13-9-26-10-14-28/h1-6,15,23,26,30H,7-14,16-18H2/t23-/m1/s1. The summed E-state index contributed by atoms with van der Waals surface area (Å²) in [7, 11) is 0. The van der Waals surface area contributed by atoms with Crippen LogP contribution in [0, 0.1) is 0 Å². The predicted molar refractivity (Wildman–Crippen MR) is 123 cm³/mol. The molecule has 3 aliphatic heterocycles. The second kappa shape index (κ2) is 8.99. The van der Waals surface area contributed by atoms with E-state index in [1.807, 2.05) is 11.0 Å². The lowest BCUT2D eigenvalue weighted by molar-refractivity contribution is 0.0493. The molecule has 6 heteroatoms. The number of hydrogen-bond acceptors (Lipinski definition) is 5. The first kappa shape index (κ1) is 20.5. The Morgan fingerprint density at radius 3 is 2.52 bits per heavy atom. The molecule has 6 nitrogen and oxygen atoms in total. The van der Waals surface area contributed by atoms with Crippen molar-refractivity contribution in [3.05, 3.63) is 64.7 Å². The Labute approximate surface area is 184 Å². The minimum absolute atomic E-state index is 0.0520. The van der Waals surface area contributed by atoms with Crippen molar-refractivity contribution in [1.82, 2.24) is 15.1 Å². The summed E-state index contributed by atoms with van der Waals surface area (Å²) in [6.07, 6.45) is 1.34. The molecule has 0 radical (unpaired) electrons. The number of nitrogens with zero attached hydrogens (tertiary/aromatic N) is 3. The maximum atomic E-state index is 13.1. The number of carbonyl (C=O) groups is 1. The third kappa shape index (κ3) is 4.47. The number of aliphatic hydroxyl groups excluding tert-OH is 1. The summed E-state index contributed by atoms with van der Waals surface area (Å²) in [4.78, 5) is 19.6. The third-order valence-corrected chi connectivity index (χ3v) is 6.85. The number of rotatable bonds is 5. The van der Waals surface area contributed by atoms with Crippen molar-refractivity contribution in [3.63, 3.8) is 0 Å². The monoisotopic (exact) mass is 420 g/mol. The molecule has 31 heavy (non-hydrogen) atoms. The minimum atomic E-state index is -0.532. The lowest BCUT2D eigenvalue weighted by Crippen LogP contribution is -2.46. The number of benzene rings is 2. The van der Waals surface area contributed by atoms with E-state index in [0.29, 0.717) is 19.6 Å². The van der Waals surface area contributed by atoms with Crippen molar-refractivity contribution in [1.29, 1.82) is 0 Å². The maximum absolute atomic E-state index is 13.1. The van der Waals surface area contributed by atoms with Crippen molar-refractivity contribution in [2.24, 2.45) is 0 Å². The number of piperazine rings is 1. The van der Waals surface area contributed by atoms with Crippen molar-refractivity contribution in [3.8, 4) is 0 Å². The van der Waals surface area contributed by atoms with Gasteiger partial charge in [0.1, 0.15) is 0 Å². The van der Waals surface area contributed by atoms with Crippen LogP contribution in [-0.4, -0.2) is 79.3 Å². The smallest absolute Gasteiger partial charge is 0.254 e. The van der Waals surface area contributed by atoms with Gasteiger partial charge in [0.2, 0.25) is 0 Å². The fourth-order valence-corrected chi connectivity index (χ4v) is 5.14. The highest BCUT2D eigenvalue weighted by Gasteiger charge is 2.28. The zero-order valence-electron chi connectivity index (χ0n) is 18.1. The fourth-order valence-electron chi connectivity index (χ4n) is 5.14. The van der Waals surface area contributed by atoms with Gasteiger partial charge in [-0.05, 0) is 47.7 Å². The molecule has 0 saturated carbocycles. The van der Waals surface area contributed by atoms with Gasteiger partial charge in [0, 0.05) is 70.2 Å². The van der Waals surface area contributed by atoms with Gasteiger partial charge in [0.15, 0.2) is 0 Å². The van der Waals surface area contributed by atoms with Gasteiger partial charge in [-0.15, -0.1) is 0 Å². The maximum Gasteiger partial charge on any atom is 0.254 e. The first-order valence-corrected chi connectivity index (χ1v) is 11.5. The molecule has 3 heterocycles. The Bertz CT molecular complexity index is 941. The van der Waals surface area contributed by atoms with Crippen LogP contribution in [0.25, 0.3) is 0 Å². The number of β-amino-alcohol motifs (C(OH)–C–C–N with tert-alkyl or cyclic N) is 1. The topological polar surface area (TPSA) is 59.1 Å². The van der Waals surface area contributed by atoms with E-state index in [-0.39, 0.29) is 5.91 Å². The molecular weight excluding hydrogens is 388 g/mol. The molecule has 1 fully saturated rings. The van der Waals surface area contributed by atoms with Crippen molar-refractivity contribution >= 4 is 11.6 Å². The highest BCUT2D eigenvalue weighted by molar-refractivity contribution is 5.97. The number of amides is 1. The fraction of sp³-hybridized carbons (Fsp3) is 0.480. The van der Waals surface area contributed by atoms with E-state index in [4.69, 9.17) is 0 Å². The molecule has 0 aliphatic carbocycles. The first-order valence-electron chi connectivity index (χ1n) is 11.5. The molecular formula is C25H32N4O2. The predicted octanol–water partition coefficient (Wildman–Crippen LogP) is 1.51. The second-order valence-corrected chi connectivity index (χ2v) is 8.99. The molecule has 5 rings (SSSR count). The van der Waals surface area contributed by atoms with Crippen LogP contribution in [0.3, 0.4) is 0 Å². The molecule has 0 spiro atoms. The summed E-state index contributed by atoms with van der Waals surface area (Å²) in [6, 6.07) is 14.8. The summed E-state index contributed by atoms with van der Waals surface area (Å²) < 4.78 is 0. The second-order valence-electron chi connectivity index (χ2n) is 8.99. The van der Waals surface area contributed by atoms with E-state index >= 15 is 0 Å². The minimum Gasteiger partial charge on any atom is -0.390 e. The van der Waals surface area contributed by atoms with Crippen molar-refractivity contribution < 1.29 is 9.90 Å². The molecule has 0 unspecified atom stereocenters. The number of nitrogens with one attached hydrogen (secondary N) is 1. The number of fused-ring (bicyclic) bond motifs is 2. The summed E-state index contributed by atoms with van der Waals surface area (Å²) in [5.41, 5.74) is 5.91. The number of anilines is 1. The Kier molecular flexibility index (Phi) is 5.94. The highest BCUT2D eigenvalue weighted by atomic mass is 16.3. The van der Waals surface area contributed by atoms with Crippen LogP contribution in [-0.2, 0) is 19.4 Å². The summed E-state index contributed by atoms with van der Waals surface area (Å²) >= 11 is 0. The molecule has 3 aliphatic rings. The van der Waals surface area contributed by atoms with Gasteiger partial charge in [-0.25, -0.2) is 0 Å². The van der Waals surface area contributed by atoms with Gasteiger partial charge in [0.25, 0.3) is 5.91 Å². The van der Waals surface area contributed by atoms with Crippen LogP contribution in [0.4, 0.5) is 5.69 Å². The summed E-state index contributed by atoms with van der Waals surface area (Å²) in [6.45, 7) is 7.53. The molecule has 1 atom stereocenters. The molecule has 2 N–H and O–H groups in total. The van der Waals surface area contributed by atoms with E-state index in [0.717, 1.165) is 63.2 Å². The Balaban J connectivity index is 1.19. The molecule has 1 saturated heterocycles. The van der Waals surface area contributed by atoms with Crippen LogP contribution in [0.15, 0.2) is 42.5 Å². The zero-order valence-corrected chi connectivity index (χ0v) is 18.1. The van der Waals surface area contributed by atoms with Gasteiger partial charge in [0.05, 0.1) is 6.10 Å². The van der Waals surface area contributed by atoms with Gasteiger partial charge < -0.3 is 20.2 Å². The normalized spacial score (nSPS) is 20.4. The Hall–Kier alpha value is -2.41. The van der Waals surface area contributed by atoms with E-state index < -0.39 is 6.10 Å². The Morgan fingerprint density at radius 1 is 0.903 bits per heavy atom. The molecule has 2 aromatic carbocycles.